The molecule has 0 saturated heterocycles. The van der Waals surface area contributed by atoms with Gasteiger partial charge in [-0.05, 0) is 19.3 Å². The highest BCUT2D eigenvalue weighted by Gasteiger charge is 2.28. The topological polar surface area (TPSA) is 21.3 Å². The molecule has 0 aromatic carbocycles. The summed E-state index contributed by atoms with van der Waals surface area (Å²) in [6.45, 7) is 4.94. The van der Waals surface area contributed by atoms with Gasteiger partial charge in [-0.1, -0.05) is 50.5 Å². The van der Waals surface area contributed by atoms with E-state index in [9.17, 15) is 0 Å². The molecule has 0 aromatic heterocycles. The van der Waals surface area contributed by atoms with Gasteiger partial charge >= 0.3 is 0 Å². The molecule has 2 heteroatoms. The molecule has 0 unspecified atom stereocenters. The molecule has 0 atom stereocenters. The number of allylic oxidation sites excluding steroid dienone is 2. The smallest absolute Gasteiger partial charge is 0.0604 e. The number of rotatable bonds is 8. The van der Waals surface area contributed by atoms with E-state index in [2.05, 4.69) is 36.5 Å². The van der Waals surface area contributed by atoms with Crippen LogP contribution in [0.2, 0.25) is 0 Å². The zero-order valence-electron chi connectivity index (χ0n) is 11.7. The van der Waals surface area contributed by atoms with Gasteiger partial charge < -0.3 is 10.1 Å². The quantitative estimate of drug-likeness (QED) is 0.665. The van der Waals surface area contributed by atoms with Crippen molar-refractivity contribution in [3.63, 3.8) is 0 Å². The summed E-state index contributed by atoms with van der Waals surface area (Å²) in [6, 6.07) is 0.736. The van der Waals surface area contributed by atoms with Crippen molar-refractivity contribution in [2.75, 3.05) is 19.8 Å². The van der Waals surface area contributed by atoms with E-state index in [1.807, 2.05) is 0 Å². The molecule has 0 spiro atoms. The molecular formula is C16H27NO. The Morgan fingerprint density at radius 2 is 1.94 bits per heavy atom. The van der Waals surface area contributed by atoms with E-state index < -0.39 is 0 Å². The minimum absolute atomic E-state index is 0.107. The predicted molar refractivity (Wildman–Crippen MR) is 76.7 cm³/mol. The third-order valence-electron chi connectivity index (χ3n) is 4.06. The Hall–Kier alpha value is -0.600. The van der Waals surface area contributed by atoms with Gasteiger partial charge in [0.1, 0.15) is 0 Å². The van der Waals surface area contributed by atoms with Gasteiger partial charge in [0.05, 0.1) is 6.61 Å². The maximum Gasteiger partial charge on any atom is 0.0604 e. The average Bonchev–Trinajstić information content (AvgIpc) is 3.04. The van der Waals surface area contributed by atoms with Gasteiger partial charge in [-0.15, -0.1) is 0 Å². The Kier molecular flexibility index (Phi) is 5.45. The summed E-state index contributed by atoms with van der Waals surface area (Å²) in [7, 11) is 0. The standard InChI is InChI=1S/C16H27NO/c1-2-3-12-18-14-16(10-6-7-11-16)13-17-15-8-4-5-9-15/h6-7,10-11,15,17H,2-5,8-9,12-14H2,1H3. The highest BCUT2D eigenvalue weighted by atomic mass is 16.5. The van der Waals surface area contributed by atoms with Crippen molar-refractivity contribution in [1.29, 1.82) is 0 Å². The molecule has 2 aliphatic rings. The molecule has 0 heterocycles. The first-order valence-electron chi connectivity index (χ1n) is 7.53. The van der Waals surface area contributed by atoms with Crippen LogP contribution in [0.15, 0.2) is 24.3 Å². The average molecular weight is 249 g/mol. The monoisotopic (exact) mass is 249 g/mol. The molecular weight excluding hydrogens is 222 g/mol. The maximum atomic E-state index is 5.83. The van der Waals surface area contributed by atoms with Crippen LogP contribution in [0.5, 0.6) is 0 Å². The summed E-state index contributed by atoms with van der Waals surface area (Å²) in [5.74, 6) is 0. The molecule has 18 heavy (non-hydrogen) atoms. The molecule has 0 bridgehead atoms. The van der Waals surface area contributed by atoms with Gasteiger partial charge in [0.2, 0.25) is 0 Å². The molecule has 1 fully saturated rings. The van der Waals surface area contributed by atoms with Gasteiger partial charge in [-0.3, -0.25) is 0 Å². The highest BCUT2D eigenvalue weighted by molar-refractivity contribution is 5.26. The van der Waals surface area contributed by atoms with Crippen LogP contribution in [0.3, 0.4) is 0 Å². The molecule has 2 nitrogen and oxygen atoms in total. The Labute approximate surface area is 111 Å². The number of hydrogen-bond acceptors (Lipinski definition) is 2. The molecule has 2 aliphatic carbocycles. The number of hydrogen-bond donors (Lipinski definition) is 1. The van der Waals surface area contributed by atoms with Gasteiger partial charge in [0.25, 0.3) is 0 Å². The second kappa shape index (κ2) is 7.10. The highest BCUT2D eigenvalue weighted by Crippen LogP contribution is 2.27. The van der Waals surface area contributed by atoms with Crippen molar-refractivity contribution in [1.82, 2.24) is 5.32 Å². The Morgan fingerprint density at radius 1 is 1.22 bits per heavy atom. The van der Waals surface area contributed by atoms with Crippen LogP contribution in [0.25, 0.3) is 0 Å². The molecule has 1 N–H and O–H groups in total. The zero-order chi connectivity index (χ0) is 12.7. The minimum atomic E-state index is 0.107. The van der Waals surface area contributed by atoms with E-state index in [0.29, 0.717) is 0 Å². The van der Waals surface area contributed by atoms with Gasteiger partial charge in [0, 0.05) is 24.6 Å². The molecule has 0 aliphatic heterocycles. The zero-order valence-corrected chi connectivity index (χ0v) is 11.7. The Bertz CT molecular complexity index is 277. The first-order chi connectivity index (χ1) is 8.85. The van der Waals surface area contributed by atoms with E-state index in [0.717, 1.165) is 25.8 Å². The minimum Gasteiger partial charge on any atom is -0.380 e. The van der Waals surface area contributed by atoms with Crippen molar-refractivity contribution < 1.29 is 4.74 Å². The third-order valence-corrected chi connectivity index (χ3v) is 4.06. The van der Waals surface area contributed by atoms with Crippen LogP contribution in [-0.4, -0.2) is 25.8 Å². The van der Waals surface area contributed by atoms with Crippen molar-refractivity contribution in [3.05, 3.63) is 24.3 Å². The molecule has 102 valence electrons. The number of ether oxygens (including phenoxy) is 1. The summed E-state index contributed by atoms with van der Waals surface area (Å²) < 4.78 is 5.83. The van der Waals surface area contributed by atoms with Crippen LogP contribution in [-0.2, 0) is 4.74 Å². The molecule has 1 saturated carbocycles. The molecule has 0 amide bonds. The normalized spacial score (nSPS) is 22.1. The van der Waals surface area contributed by atoms with E-state index in [4.69, 9.17) is 4.74 Å². The van der Waals surface area contributed by atoms with E-state index >= 15 is 0 Å². The van der Waals surface area contributed by atoms with Crippen LogP contribution >= 0.6 is 0 Å². The van der Waals surface area contributed by atoms with Crippen LogP contribution in [0.1, 0.15) is 45.4 Å². The third kappa shape index (κ3) is 3.96. The lowest BCUT2D eigenvalue weighted by Crippen LogP contribution is -2.39. The van der Waals surface area contributed by atoms with Gasteiger partial charge in [-0.25, -0.2) is 0 Å². The second-order valence-electron chi connectivity index (χ2n) is 5.72. The van der Waals surface area contributed by atoms with Crippen LogP contribution in [0, 0.1) is 5.41 Å². The maximum absolute atomic E-state index is 5.83. The van der Waals surface area contributed by atoms with E-state index in [1.165, 1.54) is 38.5 Å². The first-order valence-corrected chi connectivity index (χ1v) is 7.53. The van der Waals surface area contributed by atoms with Crippen molar-refractivity contribution in [2.24, 2.45) is 5.41 Å². The van der Waals surface area contributed by atoms with Crippen molar-refractivity contribution in [2.45, 2.75) is 51.5 Å². The molecule has 0 radical (unpaired) electrons. The number of unbranched alkanes of at least 4 members (excludes halogenated alkanes) is 1. The fourth-order valence-corrected chi connectivity index (χ4v) is 2.79. The summed E-state index contributed by atoms with van der Waals surface area (Å²) >= 11 is 0. The lowest BCUT2D eigenvalue weighted by Gasteiger charge is -2.27. The summed E-state index contributed by atoms with van der Waals surface area (Å²) in [4.78, 5) is 0. The largest absolute Gasteiger partial charge is 0.380 e. The fourth-order valence-electron chi connectivity index (χ4n) is 2.79. The Balaban J connectivity index is 1.75. The fraction of sp³-hybridized carbons (Fsp3) is 0.750. The lowest BCUT2D eigenvalue weighted by atomic mass is 9.90. The Morgan fingerprint density at radius 3 is 2.61 bits per heavy atom. The van der Waals surface area contributed by atoms with Crippen LogP contribution < -0.4 is 5.32 Å². The van der Waals surface area contributed by atoms with E-state index in [-0.39, 0.29) is 5.41 Å². The van der Waals surface area contributed by atoms with E-state index in [1.54, 1.807) is 0 Å². The van der Waals surface area contributed by atoms with Gasteiger partial charge in [0.15, 0.2) is 0 Å². The summed E-state index contributed by atoms with van der Waals surface area (Å²) in [5, 5.41) is 3.72. The van der Waals surface area contributed by atoms with Crippen molar-refractivity contribution in [3.8, 4) is 0 Å². The molecule has 0 aromatic rings. The lowest BCUT2D eigenvalue weighted by molar-refractivity contribution is 0.0847. The molecule has 2 rings (SSSR count). The van der Waals surface area contributed by atoms with Crippen molar-refractivity contribution >= 4 is 0 Å². The van der Waals surface area contributed by atoms with Gasteiger partial charge in [-0.2, -0.15) is 0 Å². The summed E-state index contributed by atoms with van der Waals surface area (Å²) in [5.41, 5.74) is 0.107. The first kappa shape index (κ1) is 13.8. The second-order valence-corrected chi connectivity index (χ2v) is 5.72. The van der Waals surface area contributed by atoms with Crippen LogP contribution in [0.4, 0.5) is 0 Å². The predicted octanol–water partition coefficient (Wildman–Crippen LogP) is 3.45. The SMILES string of the molecule is CCCCOCC1(CNC2CCCC2)C=CC=C1. The summed E-state index contributed by atoms with van der Waals surface area (Å²) in [6.07, 6.45) is 16.7. The number of nitrogens with one attached hydrogen (secondary N) is 1.